The zero-order chi connectivity index (χ0) is 15.5. The van der Waals surface area contributed by atoms with Crippen molar-refractivity contribution in [2.45, 2.75) is 19.9 Å². The van der Waals surface area contributed by atoms with Gasteiger partial charge in [0.25, 0.3) is 0 Å². The molecule has 0 spiro atoms. The summed E-state index contributed by atoms with van der Waals surface area (Å²) in [5.74, 6) is -0.222. The highest BCUT2D eigenvalue weighted by Crippen LogP contribution is 2.23. The van der Waals surface area contributed by atoms with Crippen molar-refractivity contribution in [1.29, 1.82) is 0 Å². The lowest BCUT2D eigenvalue weighted by molar-refractivity contribution is 0.627. The number of aromatic nitrogens is 3. The SMILES string of the molecule is Cc1csc(CN(C)c2nnc(Cc3ccc(F)cc3)s2)n1. The number of aryl methyl sites for hydroxylation is 1. The minimum atomic E-state index is -0.222. The molecule has 2 heterocycles. The second kappa shape index (κ2) is 6.50. The van der Waals surface area contributed by atoms with Gasteiger partial charge in [0.2, 0.25) is 5.13 Å². The molecule has 114 valence electrons. The van der Waals surface area contributed by atoms with Gasteiger partial charge >= 0.3 is 0 Å². The number of hydrogen-bond acceptors (Lipinski definition) is 6. The molecule has 0 amide bonds. The molecule has 3 rings (SSSR count). The lowest BCUT2D eigenvalue weighted by atomic mass is 10.2. The summed E-state index contributed by atoms with van der Waals surface area (Å²) < 4.78 is 12.9. The van der Waals surface area contributed by atoms with Crippen LogP contribution in [-0.4, -0.2) is 22.2 Å². The highest BCUT2D eigenvalue weighted by atomic mass is 32.1. The summed E-state index contributed by atoms with van der Waals surface area (Å²) >= 11 is 3.20. The number of benzene rings is 1. The van der Waals surface area contributed by atoms with Crippen molar-refractivity contribution in [3.63, 3.8) is 0 Å². The van der Waals surface area contributed by atoms with Crippen molar-refractivity contribution in [3.8, 4) is 0 Å². The second-order valence-electron chi connectivity index (χ2n) is 5.02. The Kier molecular flexibility index (Phi) is 4.44. The number of halogens is 1. The maximum atomic E-state index is 12.9. The van der Waals surface area contributed by atoms with Crippen LogP contribution in [0.15, 0.2) is 29.6 Å². The van der Waals surface area contributed by atoms with E-state index in [4.69, 9.17) is 0 Å². The Hall–Kier alpha value is -1.86. The third kappa shape index (κ3) is 3.66. The smallest absolute Gasteiger partial charge is 0.208 e. The fourth-order valence-corrected chi connectivity index (χ4v) is 3.65. The molecule has 22 heavy (non-hydrogen) atoms. The minimum Gasteiger partial charge on any atom is -0.343 e. The standard InChI is InChI=1S/C15H15FN4S2/c1-10-9-21-14(17-10)8-20(2)15-19-18-13(22-15)7-11-3-5-12(16)6-4-11/h3-6,9H,7-8H2,1-2H3. The van der Waals surface area contributed by atoms with Crippen LogP contribution in [0, 0.1) is 12.7 Å². The molecule has 0 aliphatic carbocycles. The molecule has 0 unspecified atom stereocenters. The van der Waals surface area contributed by atoms with Crippen LogP contribution >= 0.6 is 22.7 Å². The van der Waals surface area contributed by atoms with Gasteiger partial charge < -0.3 is 4.90 Å². The molecule has 0 aliphatic rings. The van der Waals surface area contributed by atoms with Crippen molar-refractivity contribution < 1.29 is 4.39 Å². The van der Waals surface area contributed by atoms with Gasteiger partial charge in [-0.1, -0.05) is 23.5 Å². The molecule has 3 aromatic rings. The van der Waals surface area contributed by atoms with Crippen LogP contribution in [0.2, 0.25) is 0 Å². The van der Waals surface area contributed by atoms with Crippen LogP contribution in [0.3, 0.4) is 0 Å². The lowest BCUT2D eigenvalue weighted by Crippen LogP contribution is -2.15. The summed E-state index contributed by atoms with van der Waals surface area (Å²) in [6, 6.07) is 6.49. The van der Waals surface area contributed by atoms with Crippen LogP contribution in [0.5, 0.6) is 0 Å². The average Bonchev–Trinajstić information content (AvgIpc) is 3.11. The average molecular weight is 334 g/mol. The molecule has 0 radical (unpaired) electrons. The molecule has 0 fully saturated rings. The third-order valence-corrected chi connectivity index (χ3v) is 5.08. The van der Waals surface area contributed by atoms with E-state index < -0.39 is 0 Å². The van der Waals surface area contributed by atoms with Crippen LogP contribution in [0.1, 0.15) is 21.3 Å². The van der Waals surface area contributed by atoms with Crippen LogP contribution in [0.25, 0.3) is 0 Å². The molecule has 4 nitrogen and oxygen atoms in total. The molecule has 0 saturated heterocycles. The van der Waals surface area contributed by atoms with Gasteiger partial charge in [-0.15, -0.1) is 21.5 Å². The van der Waals surface area contributed by atoms with E-state index in [0.717, 1.165) is 32.9 Å². The Morgan fingerprint density at radius 3 is 2.59 bits per heavy atom. The number of thiazole rings is 1. The first-order valence-corrected chi connectivity index (χ1v) is 8.49. The Labute approximate surface area is 136 Å². The highest BCUT2D eigenvalue weighted by molar-refractivity contribution is 7.15. The Bertz CT molecular complexity index is 751. The first kappa shape index (κ1) is 15.1. The minimum absolute atomic E-state index is 0.222. The number of anilines is 1. The van der Waals surface area contributed by atoms with Crippen molar-refractivity contribution >= 4 is 27.8 Å². The molecule has 0 saturated carbocycles. The van der Waals surface area contributed by atoms with Crippen molar-refractivity contribution in [3.05, 3.63) is 56.7 Å². The summed E-state index contributed by atoms with van der Waals surface area (Å²) in [4.78, 5) is 6.50. The van der Waals surface area contributed by atoms with Crippen LogP contribution in [0.4, 0.5) is 9.52 Å². The molecular formula is C15H15FN4S2. The fourth-order valence-electron chi connectivity index (χ4n) is 1.99. The zero-order valence-corrected chi connectivity index (χ0v) is 13.9. The van der Waals surface area contributed by atoms with Gasteiger partial charge in [0.05, 0.1) is 6.54 Å². The van der Waals surface area contributed by atoms with E-state index >= 15 is 0 Å². The van der Waals surface area contributed by atoms with Gasteiger partial charge in [-0.25, -0.2) is 9.37 Å². The van der Waals surface area contributed by atoms with Gasteiger partial charge in [0, 0.05) is 24.5 Å². The van der Waals surface area contributed by atoms with Gasteiger partial charge in [0.15, 0.2) is 0 Å². The molecule has 1 aromatic carbocycles. The molecule has 0 atom stereocenters. The van der Waals surface area contributed by atoms with Gasteiger partial charge in [-0.05, 0) is 24.6 Å². The molecular weight excluding hydrogens is 319 g/mol. The van der Waals surface area contributed by atoms with Crippen LogP contribution < -0.4 is 4.90 Å². The van der Waals surface area contributed by atoms with E-state index in [1.54, 1.807) is 34.8 Å². The Morgan fingerprint density at radius 1 is 1.14 bits per heavy atom. The van der Waals surface area contributed by atoms with E-state index in [1.807, 2.05) is 24.3 Å². The fraction of sp³-hybridized carbons (Fsp3) is 0.267. The van der Waals surface area contributed by atoms with Gasteiger partial charge in [-0.2, -0.15) is 0 Å². The summed E-state index contributed by atoms with van der Waals surface area (Å²) in [5, 5.41) is 13.3. The zero-order valence-electron chi connectivity index (χ0n) is 12.3. The second-order valence-corrected chi connectivity index (χ2v) is 7.00. The summed E-state index contributed by atoms with van der Waals surface area (Å²) in [5.41, 5.74) is 2.07. The maximum Gasteiger partial charge on any atom is 0.208 e. The third-order valence-electron chi connectivity index (χ3n) is 3.09. The number of rotatable bonds is 5. The van der Waals surface area contributed by atoms with Crippen molar-refractivity contribution in [2.24, 2.45) is 0 Å². The Balaban J connectivity index is 1.66. The number of nitrogens with zero attached hydrogens (tertiary/aromatic N) is 4. The monoisotopic (exact) mass is 334 g/mol. The topological polar surface area (TPSA) is 41.9 Å². The summed E-state index contributed by atoms with van der Waals surface area (Å²) in [7, 11) is 1.99. The molecule has 2 aromatic heterocycles. The maximum absolute atomic E-state index is 12.9. The van der Waals surface area contributed by atoms with Crippen molar-refractivity contribution in [1.82, 2.24) is 15.2 Å². The molecule has 0 N–H and O–H groups in total. The summed E-state index contributed by atoms with van der Waals surface area (Å²) in [6.07, 6.45) is 0.669. The molecule has 0 bridgehead atoms. The predicted octanol–water partition coefficient (Wildman–Crippen LogP) is 3.67. The van der Waals surface area contributed by atoms with E-state index in [1.165, 1.54) is 12.1 Å². The first-order chi connectivity index (χ1) is 10.6. The Morgan fingerprint density at radius 2 is 1.91 bits per heavy atom. The van der Waals surface area contributed by atoms with E-state index in [-0.39, 0.29) is 5.82 Å². The predicted molar refractivity (Wildman–Crippen MR) is 88.1 cm³/mol. The lowest BCUT2D eigenvalue weighted by Gasteiger charge is -2.12. The van der Waals surface area contributed by atoms with Crippen LogP contribution in [-0.2, 0) is 13.0 Å². The highest BCUT2D eigenvalue weighted by Gasteiger charge is 2.11. The largest absolute Gasteiger partial charge is 0.343 e. The quantitative estimate of drug-likeness (QED) is 0.714. The van der Waals surface area contributed by atoms with E-state index in [2.05, 4.69) is 15.2 Å². The first-order valence-electron chi connectivity index (χ1n) is 6.79. The normalized spacial score (nSPS) is 10.9. The number of hydrogen-bond donors (Lipinski definition) is 0. The summed E-state index contributed by atoms with van der Waals surface area (Å²) in [6.45, 7) is 2.72. The van der Waals surface area contributed by atoms with E-state index in [9.17, 15) is 4.39 Å². The van der Waals surface area contributed by atoms with Gasteiger partial charge in [-0.3, -0.25) is 0 Å². The van der Waals surface area contributed by atoms with Crippen molar-refractivity contribution in [2.75, 3.05) is 11.9 Å². The molecule has 0 aliphatic heterocycles. The molecule has 7 heteroatoms. The van der Waals surface area contributed by atoms with Gasteiger partial charge in [0.1, 0.15) is 15.8 Å². The van der Waals surface area contributed by atoms with E-state index in [0.29, 0.717) is 6.42 Å².